The maximum atomic E-state index is 13.6. The smallest absolute Gasteiger partial charge is 0.275 e. The number of aromatic nitrogens is 3. The van der Waals surface area contributed by atoms with E-state index in [2.05, 4.69) is 15.2 Å². The third-order valence-corrected chi connectivity index (χ3v) is 6.67. The van der Waals surface area contributed by atoms with E-state index in [-0.39, 0.29) is 23.4 Å². The van der Waals surface area contributed by atoms with Crippen molar-refractivity contribution in [1.29, 1.82) is 0 Å². The summed E-state index contributed by atoms with van der Waals surface area (Å²) in [6.45, 7) is 5.52. The number of amides is 2. The van der Waals surface area contributed by atoms with Crippen LogP contribution in [0.4, 0.5) is 0 Å². The van der Waals surface area contributed by atoms with Gasteiger partial charge in [-0.1, -0.05) is 18.2 Å². The molecule has 0 bridgehead atoms. The molecule has 2 aromatic heterocycles. The molecule has 1 aromatic carbocycles. The van der Waals surface area contributed by atoms with Crippen LogP contribution in [0.15, 0.2) is 30.3 Å². The van der Waals surface area contributed by atoms with Gasteiger partial charge in [-0.25, -0.2) is 0 Å². The number of para-hydroxylation sites is 1. The fourth-order valence-electron chi connectivity index (χ4n) is 4.98. The SMILES string of the molecule is COCC1(N(C(=O)c2n[nH]c3c2CN(C(=O)c2cc4ccccc4[nH]2)CC3)C(C)C)CC1. The van der Waals surface area contributed by atoms with Crippen LogP contribution in [0.5, 0.6) is 0 Å². The van der Waals surface area contributed by atoms with E-state index in [1.165, 1.54) is 0 Å². The number of hydrogen-bond acceptors (Lipinski definition) is 4. The van der Waals surface area contributed by atoms with Crippen molar-refractivity contribution in [2.75, 3.05) is 20.3 Å². The Bertz CT molecular complexity index is 1140. The molecule has 8 nitrogen and oxygen atoms in total. The normalized spacial score (nSPS) is 16.9. The minimum atomic E-state index is -0.250. The lowest BCUT2D eigenvalue weighted by Gasteiger charge is -2.35. The van der Waals surface area contributed by atoms with Crippen molar-refractivity contribution < 1.29 is 14.3 Å². The average molecular weight is 436 g/mol. The van der Waals surface area contributed by atoms with Crippen LogP contribution in [0.25, 0.3) is 10.9 Å². The molecule has 1 aliphatic heterocycles. The number of methoxy groups -OCH3 is 1. The zero-order valence-electron chi connectivity index (χ0n) is 18.8. The van der Waals surface area contributed by atoms with Gasteiger partial charge >= 0.3 is 0 Å². The highest BCUT2D eigenvalue weighted by atomic mass is 16.5. The molecular weight excluding hydrogens is 406 g/mol. The molecule has 5 rings (SSSR count). The van der Waals surface area contributed by atoms with Gasteiger partial charge in [0.2, 0.25) is 0 Å². The third kappa shape index (κ3) is 3.39. The number of H-pyrrole nitrogens is 2. The van der Waals surface area contributed by atoms with Crippen LogP contribution in [0.3, 0.4) is 0 Å². The molecule has 1 saturated carbocycles. The van der Waals surface area contributed by atoms with E-state index in [4.69, 9.17) is 4.74 Å². The lowest BCUT2D eigenvalue weighted by Crippen LogP contribution is -2.49. The number of ether oxygens (including phenoxy) is 1. The first kappa shape index (κ1) is 20.8. The summed E-state index contributed by atoms with van der Waals surface area (Å²) in [6.07, 6.45) is 2.51. The Kier molecular flexibility index (Phi) is 5.04. The minimum Gasteiger partial charge on any atom is -0.382 e. The van der Waals surface area contributed by atoms with Crippen LogP contribution >= 0.6 is 0 Å². The molecule has 0 saturated heterocycles. The predicted molar refractivity (Wildman–Crippen MR) is 120 cm³/mol. The standard InChI is InChI=1S/C24H29N5O3/c1-15(2)29(24(9-10-24)14-32-3)23(31)21-17-13-28(11-8-19(17)26-27-21)22(30)20-12-16-6-4-5-7-18(16)25-20/h4-7,12,15,25H,8-11,13-14H2,1-3H3,(H,26,27). The second-order valence-corrected chi connectivity index (χ2v) is 9.20. The van der Waals surface area contributed by atoms with Gasteiger partial charge in [-0.15, -0.1) is 0 Å². The molecule has 32 heavy (non-hydrogen) atoms. The van der Waals surface area contributed by atoms with Crippen molar-refractivity contribution in [3.8, 4) is 0 Å². The van der Waals surface area contributed by atoms with Crippen molar-refractivity contribution in [3.63, 3.8) is 0 Å². The van der Waals surface area contributed by atoms with Crippen LogP contribution < -0.4 is 0 Å². The summed E-state index contributed by atoms with van der Waals surface area (Å²) in [4.78, 5) is 33.8. The summed E-state index contributed by atoms with van der Waals surface area (Å²) in [5.41, 5.74) is 3.43. The predicted octanol–water partition coefficient (Wildman–Crippen LogP) is 3.12. The van der Waals surface area contributed by atoms with Crippen LogP contribution in [0.2, 0.25) is 0 Å². The molecular formula is C24H29N5O3. The monoisotopic (exact) mass is 435 g/mol. The topological polar surface area (TPSA) is 94.3 Å². The van der Waals surface area contributed by atoms with E-state index < -0.39 is 0 Å². The second kappa shape index (κ2) is 7.78. The molecule has 2 aliphatic rings. The Morgan fingerprint density at radius 3 is 2.75 bits per heavy atom. The summed E-state index contributed by atoms with van der Waals surface area (Å²) < 4.78 is 5.42. The van der Waals surface area contributed by atoms with E-state index in [9.17, 15) is 9.59 Å². The molecule has 168 valence electrons. The van der Waals surface area contributed by atoms with Gasteiger partial charge in [0.25, 0.3) is 11.8 Å². The molecule has 3 aromatic rings. The summed E-state index contributed by atoms with van der Waals surface area (Å²) >= 11 is 0. The molecule has 1 fully saturated rings. The Morgan fingerprint density at radius 1 is 1.28 bits per heavy atom. The first-order valence-corrected chi connectivity index (χ1v) is 11.2. The van der Waals surface area contributed by atoms with Crippen LogP contribution in [0.1, 0.15) is 58.9 Å². The number of fused-ring (bicyclic) bond motifs is 2. The van der Waals surface area contributed by atoms with Gasteiger partial charge < -0.3 is 19.5 Å². The van der Waals surface area contributed by atoms with Gasteiger partial charge in [-0.2, -0.15) is 5.10 Å². The molecule has 0 unspecified atom stereocenters. The van der Waals surface area contributed by atoms with Gasteiger partial charge in [-0.3, -0.25) is 14.7 Å². The van der Waals surface area contributed by atoms with Gasteiger partial charge in [0.05, 0.1) is 18.7 Å². The molecule has 0 radical (unpaired) electrons. The second-order valence-electron chi connectivity index (χ2n) is 9.20. The van der Waals surface area contributed by atoms with Gasteiger partial charge in [0.15, 0.2) is 5.69 Å². The van der Waals surface area contributed by atoms with Crippen molar-refractivity contribution in [2.24, 2.45) is 0 Å². The zero-order valence-corrected chi connectivity index (χ0v) is 18.8. The fourth-order valence-corrected chi connectivity index (χ4v) is 4.98. The highest BCUT2D eigenvalue weighted by molar-refractivity contribution is 5.99. The number of hydrogen-bond donors (Lipinski definition) is 2. The molecule has 3 heterocycles. The first-order chi connectivity index (χ1) is 15.4. The van der Waals surface area contributed by atoms with E-state index >= 15 is 0 Å². The van der Waals surface area contributed by atoms with Crippen molar-refractivity contribution in [1.82, 2.24) is 25.0 Å². The number of nitrogens with zero attached hydrogens (tertiary/aromatic N) is 3. The average Bonchev–Trinajstić information content (AvgIpc) is 3.23. The lowest BCUT2D eigenvalue weighted by molar-refractivity contribution is 0.0360. The lowest BCUT2D eigenvalue weighted by atomic mass is 10.0. The van der Waals surface area contributed by atoms with Crippen LogP contribution in [-0.4, -0.2) is 68.6 Å². The third-order valence-electron chi connectivity index (χ3n) is 6.67. The summed E-state index contributed by atoms with van der Waals surface area (Å²) in [6, 6.07) is 9.76. The maximum absolute atomic E-state index is 13.6. The molecule has 1 aliphatic carbocycles. The number of carbonyl (C=O) groups is 2. The number of carbonyl (C=O) groups excluding carboxylic acids is 2. The largest absolute Gasteiger partial charge is 0.382 e. The van der Waals surface area contributed by atoms with Crippen LogP contribution in [0, 0.1) is 0 Å². The fraction of sp³-hybridized carbons (Fsp3) is 0.458. The van der Waals surface area contributed by atoms with Crippen molar-refractivity contribution in [3.05, 3.63) is 53.0 Å². The Labute approximate surface area is 186 Å². The summed E-state index contributed by atoms with van der Waals surface area (Å²) in [7, 11) is 1.67. The number of benzene rings is 1. The number of aromatic amines is 2. The van der Waals surface area contributed by atoms with E-state index in [1.807, 2.05) is 49.1 Å². The van der Waals surface area contributed by atoms with E-state index in [1.54, 1.807) is 12.0 Å². The van der Waals surface area contributed by atoms with Crippen molar-refractivity contribution >= 4 is 22.7 Å². The van der Waals surface area contributed by atoms with Gasteiger partial charge in [-0.05, 0) is 38.8 Å². The summed E-state index contributed by atoms with van der Waals surface area (Å²) in [5, 5.41) is 8.46. The van der Waals surface area contributed by atoms with E-state index in [0.717, 1.165) is 35.0 Å². The highest BCUT2D eigenvalue weighted by Gasteiger charge is 2.52. The van der Waals surface area contributed by atoms with E-state index in [0.29, 0.717) is 37.5 Å². The molecule has 2 N–H and O–H groups in total. The quantitative estimate of drug-likeness (QED) is 0.622. The minimum absolute atomic E-state index is 0.0279. The first-order valence-electron chi connectivity index (χ1n) is 11.2. The zero-order chi connectivity index (χ0) is 22.5. The molecule has 0 spiro atoms. The Hall–Kier alpha value is -3.13. The van der Waals surface area contributed by atoms with Gasteiger partial charge in [0.1, 0.15) is 5.69 Å². The Balaban J connectivity index is 1.41. The maximum Gasteiger partial charge on any atom is 0.275 e. The highest BCUT2D eigenvalue weighted by Crippen LogP contribution is 2.44. The van der Waals surface area contributed by atoms with Crippen molar-refractivity contribution in [2.45, 2.75) is 51.2 Å². The Morgan fingerprint density at radius 2 is 2.06 bits per heavy atom. The van der Waals surface area contributed by atoms with Crippen LogP contribution in [-0.2, 0) is 17.7 Å². The van der Waals surface area contributed by atoms with Gasteiger partial charge in [0, 0.05) is 48.3 Å². The molecule has 0 atom stereocenters. The summed E-state index contributed by atoms with van der Waals surface area (Å²) in [5.74, 6) is -0.155. The molecule has 2 amide bonds. The number of nitrogens with one attached hydrogen (secondary N) is 2. The molecule has 8 heteroatoms. The number of rotatable bonds is 6.